The lowest BCUT2D eigenvalue weighted by Crippen LogP contribution is -2.42. The molecule has 1 aromatic carbocycles. The number of aromatic amines is 1. The number of ether oxygens (including phenoxy) is 1. The highest BCUT2D eigenvalue weighted by molar-refractivity contribution is 5.84. The fourth-order valence-corrected chi connectivity index (χ4v) is 3.96. The van der Waals surface area contributed by atoms with Gasteiger partial charge in [0.2, 0.25) is 11.5 Å². The number of hydrogen-bond donors (Lipinski definition) is 1. The summed E-state index contributed by atoms with van der Waals surface area (Å²) in [6.07, 6.45) is 2.52. The molecular formula is C20H22N4O3. The molecule has 7 heteroatoms. The van der Waals surface area contributed by atoms with Gasteiger partial charge in [-0.2, -0.15) is 5.26 Å². The second-order valence-electron chi connectivity index (χ2n) is 7.18. The molecule has 2 fully saturated rings. The lowest BCUT2D eigenvalue weighted by Gasteiger charge is -2.23. The van der Waals surface area contributed by atoms with Gasteiger partial charge in [-0.25, -0.2) is 0 Å². The third-order valence-corrected chi connectivity index (χ3v) is 5.33. The Morgan fingerprint density at radius 2 is 2.15 bits per heavy atom. The number of rotatable bonds is 4. The van der Waals surface area contributed by atoms with Gasteiger partial charge in [0.1, 0.15) is 17.9 Å². The summed E-state index contributed by atoms with van der Waals surface area (Å²) in [6, 6.07) is 10.8. The predicted octanol–water partition coefficient (Wildman–Crippen LogP) is 1.50. The molecule has 2 aromatic rings. The molecular weight excluding hydrogens is 344 g/mol. The molecule has 7 nitrogen and oxygen atoms in total. The normalized spacial score (nSPS) is 22.9. The Kier molecular flexibility index (Phi) is 4.82. The Morgan fingerprint density at radius 3 is 3.00 bits per heavy atom. The van der Waals surface area contributed by atoms with E-state index in [1.165, 1.54) is 6.07 Å². The molecule has 1 aromatic heterocycles. The number of nitriles is 1. The Labute approximate surface area is 157 Å². The van der Waals surface area contributed by atoms with Crippen LogP contribution >= 0.6 is 0 Å². The first-order chi connectivity index (χ1) is 13.1. The highest BCUT2D eigenvalue weighted by Gasteiger charge is 2.32. The number of benzene rings is 1. The number of H-pyrrole nitrogens is 1. The number of fused-ring (bicyclic) bond motifs is 1. The quantitative estimate of drug-likeness (QED) is 0.886. The Hall–Kier alpha value is -2.85. The van der Waals surface area contributed by atoms with Crippen LogP contribution in [0.4, 0.5) is 0 Å². The van der Waals surface area contributed by atoms with Crippen LogP contribution in [0.15, 0.2) is 35.1 Å². The summed E-state index contributed by atoms with van der Waals surface area (Å²) in [5, 5.41) is 10.0. The number of pyridine rings is 1. The highest BCUT2D eigenvalue weighted by Crippen LogP contribution is 2.26. The van der Waals surface area contributed by atoms with Gasteiger partial charge in [0.15, 0.2) is 0 Å². The van der Waals surface area contributed by atoms with Crippen LogP contribution in [-0.2, 0) is 4.79 Å². The van der Waals surface area contributed by atoms with Crippen LogP contribution in [0.1, 0.15) is 19.3 Å². The minimum absolute atomic E-state index is 0.000620. The first-order valence-electron chi connectivity index (χ1n) is 9.34. The fourth-order valence-electron chi connectivity index (χ4n) is 3.96. The minimum Gasteiger partial charge on any atom is -0.488 e. The molecule has 2 aliphatic heterocycles. The Balaban J connectivity index is 1.38. The average molecular weight is 366 g/mol. The molecule has 1 unspecified atom stereocenters. The second kappa shape index (κ2) is 7.41. The molecule has 4 rings (SSSR count). The van der Waals surface area contributed by atoms with Gasteiger partial charge in [-0.1, -0.05) is 6.07 Å². The molecule has 0 radical (unpaired) electrons. The largest absolute Gasteiger partial charge is 0.488 e. The predicted molar refractivity (Wildman–Crippen MR) is 100 cm³/mol. The number of aromatic nitrogens is 1. The van der Waals surface area contributed by atoms with Gasteiger partial charge < -0.3 is 14.6 Å². The molecule has 0 aliphatic carbocycles. The molecule has 2 saturated heterocycles. The molecule has 140 valence electrons. The van der Waals surface area contributed by atoms with E-state index < -0.39 is 0 Å². The summed E-state index contributed by atoms with van der Waals surface area (Å²) < 4.78 is 6.17. The molecule has 1 N–H and O–H groups in total. The summed E-state index contributed by atoms with van der Waals surface area (Å²) in [5.74, 6) is 0.772. The third-order valence-electron chi connectivity index (χ3n) is 5.33. The first-order valence-corrected chi connectivity index (χ1v) is 9.34. The van der Waals surface area contributed by atoms with Gasteiger partial charge >= 0.3 is 0 Å². The number of hydrogen-bond acceptors (Lipinski definition) is 5. The van der Waals surface area contributed by atoms with E-state index >= 15 is 0 Å². The van der Waals surface area contributed by atoms with Crippen LogP contribution < -0.4 is 10.3 Å². The molecule has 27 heavy (non-hydrogen) atoms. The van der Waals surface area contributed by atoms with Crippen molar-refractivity contribution in [2.75, 3.05) is 26.2 Å². The topological polar surface area (TPSA) is 89.4 Å². The minimum atomic E-state index is -0.273. The lowest BCUT2D eigenvalue weighted by atomic mass is 10.2. The van der Waals surface area contributed by atoms with Crippen LogP contribution in [0.25, 0.3) is 10.9 Å². The van der Waals surface area contributed by atoms with Gasteiger partial charge in [0.05, 0.1) is 18.1 Å². The zero-order valence-corrected chi connectivity index (χ0v) is 15.1. The van der Waals surface area contributed by atoms with Crippen LogP contribution in [0.2, 0.25) is 0 Å². The van der Waals surface area contributed by atoms with E-state index in [2.05, 4.69) is 16.0 Å². The van der Waals surface area contributed by atoms with Crippen molar-refractivity contribution >= 4 is 16.8 Å². The van der Waals surface area contributed by atoms with Gasteiger partial charge in [0, 0.05) is 31.1 Å². The van der Waals surface area contributed by atoms with E-state index in [9.17, 15) is 9.59 Å². The zero-order valence-electron chi connectivity index (χ0n) is 15.1. The maximum Gasteiger partial charge on any atom is 0.248 e. The summed E-state index contributed by atoms with van der Waals surface area (Å²) in [6.45, 7) is 2.49. The maximum absolute atomic E-state index is 12.5. The van der Waals surface area contributed by atoms with E-state index in [4.69, 9.17) is 10.00 Å². The molecule has 0 spiro atoms. The highest BCUT2D eigenvalue weighted by atomic mass is 16.5. The van der Waals surface area contributed by atoms with Crippen molar-refractivity contribution in [3.05, 3.63) is 40.7 Å². The number of likely N-dealkylation sites (tertiary alicyclic amines) is 2. The van der Waals surface area contributed by atoms with E-state index in [0.717, 1.165) is 42.5 Å². The van der Waals surface area contributed by atoms with Crippen molar-refractivity contribution in [3.8, 4) is 11.8 Å². The number of carbonyl (C=O) groups is 1. The summed E-state index contributed by atoms with van der Waals surface area (Å²) >= 11 is 0. The Bertz CT molecular complexity index is 948. The van der Waals surface area contributed by atoms with Crippen LogP contribution in [-0.4, -0.2) is 59.0 Å². The van der Waals surface area contributed by atoms with Gasteiger partial charge in [0.25, 0.3) is 0 Å². The number of carbonyl (C=O) groups excluding carboxylic acids is 1. The van der Waals surface area contributed by atoms with E-state index in [0.29, 0.717) is 19.6 Å². The smallest absolute Gasteiger partial charge is 0.248 e. The molecule has 3 heterocycles. The standard InChI is InChI=1S/C20H22N4O3/c21-11-14-3-2-9-24(14)20(26)13-23-10-8-15(12-23)27-18-5-1-4-17-16(18)6-7-19(25)22-17/h1,4-7,14-15H,2-3,8-10,12-13H2,(H,22,25)/t14?,15-/m0/s1. The lowest BCUT2D eigenvalue weighted by molar-refractivity contribution is -0.132. The monoisotopic (exact) mass is 366 g/mol. The van der Waals surface area contributed by atoms with E-state index in [1.807, 2.05) is 18.2 Å². The number of amides is 1. The maximum atomic E-state index is 12.5. The van der Waals surface area contributed by atoms with Crippen molar-refractivity contribution in [3.63, 3.8) is 0 Å². The van der Waals surface area contributed by atoms with Crippen LogP contribution in [0, 0.1) is 11.3 Å². The van der Waals surface area contributed by atoms with Gasteiger partial charge in [-0.3, -0.25) is 14.5 Å². The molecule has 1 amide bonds. The molecule has 2 aliphatic rings. The first kappa shape index (κ1) is 17.6. The number of nitrogens with one attached hydrogen (secondary N) is 1. The molecule has 0 bridgehead atoms. The Morgan fingerprint density at radius 1 is 1.26 bits per heavy atom. The summed E-state index contributed by atoms with van der Waals surface area (Å²) in [5.41, 5.74) is 0.615. The average Bonchev–Trinajstić information content (AvgIpc) is 3.30. The van der Waals surface area contributed by atoms with Crippen molar-refractivity contribution in [2.24, 2.45) is 0 Å². The van der Waals surface area contributed by atoms with Gasteiger partial charge in [-0.05, 0) is 37.5 Å². The summed E-state index contributed by atoms with van der Waals surface area (Å²) in [4.78, 5) is 30.6. The fraction of sp³-hybridized carbons (Fsp3) is 0.450. The van der Waals surface area contributed by atoms with E-state index in [1.54, 1.807) is 11.0 Å². The van der Waals surface area contributed by atoms with Crippen LogP contribution in [0.5, 0.6) is 5.75 Å². The molecule has 0 saturated carbocycles. The SMILES string of the molecule is N#CC1CCCN1C(=O)CN1CC[C@H](Oc2cccc3[nH]c(=O)ccc23)C1. The number of nitrogens with zero attached hydrogens (tertiary/aromatic N) is 3. The van der Waals surface area contributed by atoms with Crippen molar-refractivity contribution in [1.29, 1.82) is 5.26 Å². The van der Waals surface area contributed by atoms with Crippen molar-refractivity contribution < 1.29 is 9.53 Å². The van der Waals surface area contributed by atoms with Crippen molar-refractivity contribution in [1.82, 2.24) is 14.8 Å². The summed E-state index contributed by atoms with van der Waals surface area (Å²) in [7, 11) is 0. The van der Waals surface area contributed by atoms with Crippen LogP contribution in [0.3, 0.4) is 0 Å². The second-order valence-corrected chi connectivity index (χ2v) is 7.18. The van der Waals surface area contributed by atoms with E-state index in [-0.39, 0.29) is 23.6 Å². The zero-order chi connectivity index (χ0) is 18.8. The third kappa shape index (κ3) is 3.67. The van der Waals surface area contributed by atoms with Gasteiger partial charge in [-0.15, -0.1) is 0 Å². The van der Waals surface area contributed by atoms with Crippen molar-refractivity contribution in [2.45, 2.75) is 31.4 Å². The molecule has 2 atom stereocenters.